The highest BCUT2D eigenvalue weighted by molar-refractivity contribution is 7.85. The van der Waals surface area contributed by atoms with E-state index in [-0.39, 0.29) is 5.56 Å². The topological polar surface area (TPSA) is 29.4 Å². The van der Waals surface area contributed by atoms with E-state index in [2.05, 4.69) is 4.40 Å². The van der Waals surface area contributed by atoms with Crippen LogP contribution in [-0.2, 0) is 17.2 Å². The van der Waals surface area contributed by atoms with E-state index in [9.17, 15) is 17.4 Å². The molecule has 0 aromatic heterocycles. The summed E-state index contributed by atoms with van der Waals surface area (Å²) in [5.74, 6) is 0. The minimum absolute atomic E-state index is 0.280. The second-order valence-corrected chi connectivity index (χ2v) is 6.65. The molecule has 0 unspecified atom stereocenters. The van der Waals surface area contributed by atoms with E-state index in [1.807, 2.05) is 0 Å². The molecule has 0 saturated heterocycles. The molecule has 1 aromatic carbocycles. The van der Waals surface area contributed by atoms with Crippen molar-refractivity contribution in [3.05, 3.63) is 35.4 Å². The van der Waals surface area contributed by atoms with Crippen molar-refractivity contribution in [2.24, 2.45) is 4.40 Å². The summed E-state index contributed by atoms with van der Waals surface area (Å²) >= 11 is 0. The van der Waals surface area contributed by atoms with Gasteiger partial charge in [0.25, 0.3) is 0 Å². The molecule has 1 atom stereocenters. The summed E-state index contributed by atoms with van der Waals surface area (Å²) in [4.78, 5) is 0. The zero-order chi connectivity index (χ0) is 14.0. The van der Waals surface area contributed by atoms with Crippen LogP contribution in [0.5, 0.6) is 0 Å². The number of alkyl halides is 3. The molecule has 18 heavy (non-hydrogen) atoms. The summed E-state index contributed by atoms with van der Waals surface area (Å²) in [6.07, 6.45) is -3.18. The molecule has 6 heteroatoms. The largest absolute Gasteiger partial charge is 0.416 e. The molecular weight excluding hydrogens is 263 g/mol. The molecule has 1 rings (SSSR count). The monoisotopic (exact) mass is 277 g/mol. The van der Waals surface area contributed by atoms with Gasteiger partial charge in [-0.15, -0.1) is 0 Å². The van der Waals surface area contributed by atoms with E-state index in [0.29, 0.717) is 0 Å². The summed E-state index contributed by atoms with van der Waals surface area (Å²) < 4.78 is 52.2. The number of halogens is 3. The zero-order valence-electron chi connectivity index (χ0n) is 10.3. The molecule has 0 aliphatic heterocycles. The molecule has 0 aliphatic rings. The molecule has 0 heterocycles. The van der Waals surface area contributed by atoms with Gasteiger partial charge in [0.1, 0.15) is 11.0 Å². The van der Waals surface area contributed by atoms with Crippen molar-refractivity contribution in [2.75, 3.05) is 0 Å². The van der Waals surface area contributed by atoms with Crippen LogP contribution in [-0.4, -0.2) is 15.2 Å². The highest BCUT2D eigenvalue weighted by Gasteiger charge is 2.30. The first-order valence-corrected chi connectivity index (χ1v) is 6.35. The highest BCUT2D eigenvalue weighted by atomic mass is 32.2. The van der Waals surface area contributed by atoms with Crippen molar-refractivity contribution in [1.29, 1.82) is 0 Å². The predicted octanol–water partition coefficient (Wildman–Crippen LogP) is 3.59. The zero-order valence-corrected chi connectivity index (χ0v) is 11.1. The van der Waals surface area contributed by atoms with Crippen LogP contribution in [0, 0.1) is 0 Å². The molecular formula is C12H14F3NOS. The number of nitrogens with zero attached hydrogens (tertiary/aromatic N) is 1. The Hall–Kier alpha value is -1.17. The van der Waals surface area contributed by atoms with Gasteiger partial charge >= 0.3 is 6.18 Å². The standard InChI is InChI=1S/C12H14F3NOS/c1-11(2,3)18(17)16-8-9-5-4-6-10(7-9)12(13,14)15/h4-8H,1-3H3/t18-/m0/s1. The van der Waals surface area contributed by atoms with Crippen LogP contribution in [0.1, 0.15) is 31.9 Å². The number of benzene rings is 1. The van der Waals surface area contributed by atoms with Crippen LogP contribution in [0.2, 0.25) is 0 Å². The van der Waals surface area contributed by atoms with Gasteiger partial charge in [-0.3, -0.25) is 0 Å². The van der Waals surface area contributed by atoms with Gasteiger partial charge in [0, 0.05) is 6.21 Å². The second kappa shape index (κ2) is 5.22. The number of hydrogen-bond acceptors (Lipinski definition) is 1. The first kappa shape index (κ1) is 14.9. The van der Waals surface area contributed by atoms with Crippen molar-refractivity contribution in [3.8, 4) is 0 Å². The van der Waals surface area contributed by atoms with Gasteiger partial charge in [-0.2, -0.15) is 17.6 Å². The van der Waals surface area contributed by atoms with Gasteiger partial charge in [-0.05, 0) is 38.5 Å². The predicted molar refractivity (Wildman–Crippen MR) is 66.9 cm³/mol. The third-order valence-electron chi connectivity index (χ3n) is 2.04. The molecule has 0 saturated carbocycles. The molecule has 0 spiro atoms. The third-order valence-corrected chi connectivity index (χ3v) is 3.38. The highest BCUT2D eigenvalue weighted by Crippen LogP contribution is 2.29. The molecule has 0 aliphatic carbocycles. The fourth-order valence-electron chi connectivity index (χ4n) is 1.06. The van der Waals surface area contributed by atoms with Gasteiger partial charge in [0.2, 0.25) is 0 Å². The maximum atomic E-state index is 12.5. The van der Waals surface area contributed by atoms with Gasteiger partial charge in [0.15, 0.2) is 0 Å². The summed E-state index contributed by atoms with van der Waals surface area (Å²) in [6.45, 7) is 5.23. The minimum atomic E-state index is -4.38. The Morgan fingerprint density at radius 1 is 1.22 bits per heavy atom. The van der Waals surface area contributed by atoms with Crippen molar-refractivity contribution < 1.29 is 17.4 Å². The van der Waals surface area contributed by atoms with Crippen LogP contribution >= 0.6 is 0 Å². The summed E-state index contributed by atoms with van der Waals surface area (Å²) in [7, 11) is -1.48. The quantitative estimate of drug-likeness (QED) is 0.760. The fourth-order valence-corrected chi connectivity index (χ4v) is 1.60. The average Bonchev–Trinajstić information content (AvgIpc) is 2.23. The second-order valence-electron chi connectivity index (χ2n) is 4.72. The van der Waals surface area contributed by atoms with Crippen molar-refractivity contribution in [2.45, 2.75) is 31.7 Å². The van der Waals surface area contributed by atoms with E-state index in [1.165, 1.54) is 18.3 Å². The van der Waals surface area contributed by atoms with Crippen molar-refractivity contribution >= 4 is 17.2 Å². The molecule has 0 fully saturated rings. The maximum absolute atomic E-state index is 12.5. The SMILES string of the molecule is CC(C)(C)[S@](=O)N=Cc1cccc(C(F)(F)F)c1. The lowest BCUT2D eigenvalue weighted by molar-refractivity contribution is -0.137. The Morgan fingerprint density at radius 2 is 1.83 bits per heavy atom. The Morgan fingerprint density at radius 3 is 2.33 bits per heavy atom. The fraction of sp³-hybridized carbons (Fsp3) is 0.417. The van der Waals surface area contributed by atoms with Gasteiger partial charge in [-0.1, -0.05) is 12.1 Å². The first-order valence-electron chi connectivity index (χ1n) is 5.24. The lowest BCUT2D eigenvalue weighted by Gasteiger charge is -2.12. The van der Waals surface area contributed by atoms with E-state index >= 15 is 0 Å². The van der Waals surface area contributed by atoms with E-state index < -0.39 is 27.5 Å². The van der Waals surface area contributed by atoms with Gasteiger partial charge in [-0.25, -0.2) is 4.21 Å². The smallest absolute Gasteiger partial charge is 0.234 e. The van der Waals surface area contributed by atoms with Crippen LogP contribution in [0.25, 0.3) is 0 Å². The lowest BCUT2D eigenvalue weighted by atomic mass is 10.1. The Bertz CT molecular complexity index is 475. The van der Waals surface area contributed by atoms with E-state index in [4.69, 9.17) is 0 Å². The Labute approximate surface area is 107 Å². The molecule has 2 nitrogen and oxygen atoms in total. The Balaban J connectivity index is 2.93. The average molecular weight is 277 g/mol. The molecule has 0 radical (unpaired) electrons. The van der Waals surface area contributed by atoms with E-state index in [1.54, 1.807) is 20.8 Å². The maximum Gasteiger partial charge on any atom is 0.416 e. The summed E-state index contributed by atoms with van der Waals surface area (Å²) in [5, 5.41) is 0. The molecule has 0 amide bonds. The van der Waals surface area contributed by atoms with Gasteiger partial charge < -0.3 is 0 Å². The number of hydrogen-bond donors (Lipinski definition) is 0. The van der Waals surface area contributed by atoms with Crippen LogP contribution in [0.3, 0.4) is 0 Å². The lowest BCUT2D eigenvalue weighted by Crippen LogP contribution is -2.19. The van der Waals surface area contributed by atoms with Crippen LogP contribution < -0.4 is 0 Å². The summed E-state index contributed by atoms with van der Waals surface area (Å²) in [5.41, 5.74) is -0.463. The minimum Gasteiger partial charge on any atom is -0.234 e. The first-order chi connectivity index (χ1) is 8.10. The third kappa shape index (κ3) is 4.25. The van der Waals surface area contributed by atoms with Gasteiger partial charge in [0.05, 0.1) is 10.3 Å². The molecule has 100 valence electrons. The van der Waals surface area contributed by atoms with Crippen LogP contribution in [0.4, 0.5) is 13.2 Å². The molecule has 1 aromatic rings. The molecule has 0 bridgehead atoms. The molecule has 0 N–H and O–H groups in total. The van der Waals surface area contributed by atoms with Crippen molar-refractivity contribution in [3.63, 3.8) is 0 Å². The summed E-state index contributed by atoms with van der Waals surface area (Å²) in [6, 6.07) is 4.74. The normalized spacial score (nSPS) is 15.0. The number of rotatable bonds is 2. The Kier molecular flexibility index (Phi) is 4.32. The van der Waals surface area contributed by atoms with Crippen LogP contribution in [0.15, 0.2) is 28.7 Å². The van der Waals surface area contributed by atoms with Crippen molar-refractivity contribution in [1.82, 2.24) is 0 Å². The van der Waals surface area contributed by atoms with E-state index in [0.717, 1.165) is 12.1 Å².